The molecule has 3 heterocycles. The third kappa shape index (κ3) is 9.22. The molecule has 0 bridgehead atoms. The van der Waals surface area contributed by atoms with Gasteiger partial charge in [0.1, 0.15) is 6.20 Å². The number of carbonyl (C=O) groups excluding carboxylic acids is 1. The molecule has 282 valence electrons. The van der Waals surface area contributed by atoms with Crippen LogP contribution >= 0.6 is 0 Å². The number of nitrogens with zero attached hydrogens (tertiary/aromatic N) is 4. The van der Waals surface area contributed by atoms with Crippen molar-refractivity contribution in [1.82, 2.24) is 5.06 Å². The lowest BCUT2D eigenvalue weighted by Crippen LogP contribution is -2.38. The third-order valence-corrected chi connectivity index (χ3v) is 11.1. The van der Waals surface area contributed by atoms with Gasteiger partial charge in [-0.2, -0.15) is 8.42 Å². The number of carboxylic acids is 1. The molecule has 0 aliphatic carbocycles. The van der Waals surface area contributed by atoms with Crippen LogP contribution in [-0.4, -0.2) is 80.2 Å². The van der Waals surface area contributed by atoms with Crippen LogP contribution in [0.25, 0.3) is 0 Å². The van der Waals surface area contributed by atoms with Crippen LogP contribution in [-0.2, 0) is 47.2 Å². The molecule has 1 aromatic heterocycles. The van der Waals surface area contributed by atoms with E-state index in [1.807, 2.05) is 58.1 Å². The highest BCUT2D eigenvalue weighted by atomic mass is 32.2. The first kappa shape index (κ1) is 40.5. The first-order chi connectivity index (χ1) is 24.2. The summed E-state index contributed by atoms with van der Waals surface area (Å²) in [7, 11) is -6.00. The fourth-order valence-corrected chi connectivity index (χ4v) is 7.45. The molecule has 16 heteroatoms. The Kier molecular flexibility index (Phi) is 12.3. The first-order valence-corrected chi connectivity index (χ1v) is 19.8. The fraction of sp³-hybridized carbons (Fsp3) is 0.444. The number of aryl methyl sites for hydroxylation is 1. The summed E-state index contributed by atoms with van der Waals surface area (Å²) in [6, 6.07) is 6.28. The molecule has 0 radical (unpaired) electrons. The molecule has 1 amide bonds. The number of hydrogen-bond acceptors (Lipinski definition) is 10. The van der Waals surface area contributed by atoms with E-state index < -0.39 is 48.7 Å². The van der Waals surface area contributed by atoms with E-state index in [-0.39, 0.29) is 24.3 Å². The Morgan fingerprint density at radius 3 is 2.35 bits per heavy atom. The predicted molar refractivity (Wildman–Crippen MR) is 194 cm³/mol. The van der Waals surface area contributed by atoms with E-state index in [2.05, 4.69) is 4.90 Å². The van der Waals surface area contributed by atoms with Gasteiger partial charge in [0.2, 0.25) is 0 Å². The second kappa shape index (κ2) is 15.8. The zero-order valence-corrected chi connectivity index (χ0v) is 31.8. The highest BCUT2D eigenvalue weighted by Crippen LogP contribution is 2.48. The van der Waals surface area contributed by atoms with Gasteiger partial charge in [-0.1, -0.05) is 38.5 Å². The second-order valence-corrected chi connectivity index (χ2v) is 16.8. The molecule has 2 aliphatic heterocycles. The number of aliphatic imine (C=N–C) groups is 1. The van der Waals surface area contributed by atoms with Gasteiger partial charge >= 0.3 is 11.8 Å². The molecule has 52 heavy (non-hydrogen) atoms. The number of hydroxylamine groups is 2. The summed E-state index contributed by atoms with van der Waals surface area (Å²) in [5, 5.41) is 10.1. The Bertz CT molecular complexity index is 2070. The van der Waals surface area contributed by atoms with E-state index in [0.29, 0.717) is 42.9 Å². The minimum Gasteiger partial charge on any atom is -0.748 e. The van der Waals surface area contributed by atoms with Crippen LogP contribution in [0.2, 0.25) is 0 Å². The molecular formula is C36H46N4O10S2. The molecule has 2 N–H and O–H groups in total. The summed E-state index contributed by atoms with van der Waals surface area (Å²) < 4.78 is 69.2. The normalized spacial score (nSPS) is 17.2. The number of anilines is 1. The van der Waals surface area contributed by atoms with Gasteiger partial charge in [-0.15, -0.1) is 0 Å². The molecule has 0 saturated heterocycles. The number of aromatic nitrogens is 1. The van der Waals surface area contributed by atoms with Crippen molar-refractivity contribution in [3.63, 3.8) is 0 Å². The van der Waals surface area contributed by atoms with Crippen LogP contribution in [0.1, 0.15) is 81.3 Å². The summed E-state index contributed by atoms with van der Waals surface area (Å²) in [6.07, 6.45) is 12.9. The van der Waals surface area contributed by atoms with Gasteiger partial charge in [0.05, 0.1) is 45.2 Å². The number of benzene rings is 1. The van der Waals surface area contributed by atoms with Crippen molar-refractivity contribution < 1.29 is 50.0 Å². The highest BCUT2D eigenvalue weighted by Gasteiger charge is 2.43. The number of allylic oxidation sites excluding steroid dienone is 6. The number of carbonyl (C=O) groups is 2. The molecule has 0 atom stereocenters. The Balaban J connectivity index is 1.63. The smallest absolute Gasteiger partial charge is 0.327 e. The van der Waals surface area contributed by atoms with Gasteiger partial charge < -0.3 is 14.6 Å². The average molecular weight is 759 g/mol. The van der Waals surface area contributed by atoms with Gasteiger partial charge in [-0.3, -0.25) is 19.0 Å². The Morgan fingerprint density at radius 1 is 1.00 bits per heavy atom. The summed E-state index contributed by atoms with van der Waals surface area (Å²) in [4.78, 5) is 35.8. The maximum atomic E-state index is 13.0. The number of amides is 1. The Morgan fingerprint density at radius 2 is 1.71 bits per heavy atom. The molecule has 4 rings (SSSR count). The highest BCUT2D eigenvalue weighted by molar-refractivity contribution is 7.86. The Labute approximate surface area is 305 Å². The van der Waals surface area contributed by atoms with Crippen LogP contribution in [0.4, 0.5) is 11.5 Å². The van der Waals surface area contributed by atoms with Crippen LogP contribution in [0.3, 0.4) is 0 Å². The van der Waals surface area contributed by atoms with Crippen LogP contribution in [0.15, 0.2) is 76.4 Å². The number of carboxylic acid groups (broad SMARTS) is 1. The first-order valence-electron chi connectivity index (χ1n) is 16.8. The molecule has 0 fully saturated rings. The van der Waals surface area contributed by atoms with Crippen molar-refractivity contribution in [2.75, 3.05) is 31.4 Å². The quantitative estimate of drug-likeness (QED) is 0.0798. The van der Waals surface area contributed by atoms with E-state index in [9.17, 15) is 35.5 Å². The number of rotatable bonds is 16. The predicted octanol–water partition coefficient (Wildman–Crippen LogP) is 4.59. The van der Waals surface area contributed by atoms with Crippen molar-refractivity contribution in [2.45, 2.75) is 82.1 Å². The molecule has 0 saturated carbocycles. The summed E-state index contributed by atoms with van der Waals surface area (Å²) >= 11 is 0. The van der Waals surface area contributed by atoms with Gasteiger partial charge in [0.25, 0.3) is 16.0 Å². The Hall–Kier alpha value is -4.22. The lowest BCUT2D eigenvalue weighted by Gasteiger charge is -2.27. The molecule has 2 aromatic rings. The van der Waals surface area contributed by atoms with Crippen molar-refractivity contribution in [1.29, 1.82) is 0 Å². The lowest BCUT2D eigenvalue weighted by atomic mass is 9.81. The van der Waals surface area contributed by atoms with Crippen LogP contribution in [0, 0.1) is 0 Å². The standard InChI is InChI=1S/C36H46N4O10S2/c1-35(2)28-22-25(34(43)38(5)50-6)24-39(19-13-21-51(44,45)46)33(28)37-30(35)14-9-7-10-15-31-36(3,4)27-23-26(52(47,48)49)17-18-29(27)40(31)20-12-8-11-16-32(41)42/h7,9-10,14-15,17-18,22-24H,8,11-13,16,19-21H2,1-6H3,(H2-,41,42,44,45,46,47,48,49). The monoisotopic (exact) mass is 758 g/mol. The topological polar surface area (TPSA) is 198 Å². The van der Waals surface area contributed by atoms with Crippen molar-refractivity contribution in [2.24, 2.45) is 4.99 Å². The van der Waals surface area contributed by atoms with Gasteiger partial charge in [-0.05, 0) is 80.1 Å². The van der Waals surface area contributed by atoms with Crippen molar-refractivity contribution in [3.8, 4) is 0 Å². The van der Waals surface area contributed by atoms with E-state index in [1.165, 1.54) is 26.3 Å². The van der Waals surface area contributed by atoms with E-state index in [1.54, 1.807) is 22.9 Å². The lowest BCUT2D eigenvalue weighted by molar-refractivity contribution is -0.684. The zero-order valence-electron chi connectivity index (χ0n) is 30.2. The van der Waals surface area contributed by atoms with E-state index in [0.717, 1.165) is 27.6 Å². The molecular weight excluding hydrogens is 713 g/mol. The van der Waals surface area contributed by atoms with Gasteiger partial charge in [0, 0.05) is 42.6 Å². The number of hydrogen-bond donors (Lipinski definition) is 2. The molecule has 1 aromatic carbocycles. The van der Waals surface area contributed by atoms with Crippen LogP contribution in [0.5, 0.6) is 0 Å². The molecule has 14 nitrogen and oxygen atoms in total. The van der Waals surface area contributed by atoms with Crippen molar-refractivity contribution >= 4 is 49.3 Å². The fourth-order valence-electron chi connectivity index (χ4n) is 6.46. The van der Waals surface area contributed by atoms with E-state index in [4.69, 9.17) is 14.9 Å². The van der Waals surface area contributed by atoms with Crippen LogP contribution < -0.4 is 9.47 Å². The summed E-state index contributed by atoms with van der Waals surface area (Å²) in [5.41, 5.74) is 2.89. The van der Waals surface area contributed by atoms with Gasteiger partial charge in [-0.25, -0.2) is 18.0 Å². The number of pyridine rings is 1. The minimum atomic E-state index is -4.43. The molecule has 0 unspecified atom stereocenters. The SMILES string of the molecule is CON(C)C(=O)c1cc2c([n+](CCCS(=O)(=O)[O-])c1)N=C(/C=C/C=C/C=C1/N(CCCCCC(=O)O)c3ccc(S(=O)(=O)O)cc3C1(C)C)C2(C)C. The summed E-state index contributed by atoms with van der Waals surface area (Å²) in [5.74, 6) is -1.27. The van der Waals surface area contributed by atoms with E-state index >= 15 is 0 Å². The van der Waals surface area contributed by atoms with Crippen molar-refractivity contribution in [3.05, 3.63) is 83.2 Å². The molecule has 0 spiro atoms. The summed E-state index contributed by atoms with van der Waals surface area (Å²) in [6.45, 7) is 8.58. The minimum absolute atomic E-state index is 0.0376. The number of unbranched alkanes of at least 4 members (excludes halogenated alkanes) is 2. The average Bonchev–Trinajstić information content (AvgIpc) is 3.43. The molecule has 2 aliphatic rings. The van der Waals surface area contributed by atoms with Gasteiger partial charge in [0.15, 0.2) is 5.71 Å². The number of fused-ring (bicyclic) bond motifs is 2. The maximum absolute atomic E-state index is 13.0. The number of aliphatic carboxylic acids is 1. The second-order valence-electron chi connectivity index (χ2n) is 13.8. The zero-order chi connectivity index (χ0) is 38.6. The third-order valence-electron chi connectivity index (χ3n) is 9.41. The largest absolute Gasteiger partial charge is 0.748 e. The maximum Gasteiger partial charge on any atom is 0.327 e.